The van der Waals surface area contributed by atoms with E-state index in [9.17, 15) is 9.59 Å². The number of rotatable bonds is 7. The van der Waals surface area contributed by atoms with Gasteiger partial charge in [0.25, 0.3) is 0 Å². The predicted molar refractivity (Wildman–Crippen MR) is 92.7 cm³/mol. The first-order valence-corrected chi connectivity index (χ1v) is 8.07. The van der Waals surface area contributed by atoms with Crippen LogP contribution in [0.2, 0.25) is 0 Å². The van der Waals surface area contributed by atoms with Gasteiger partial charge in [0.2, 0.25) is 11.8 Å². The molecule has 0 aliphatic carbocycles. The molecule has 0 spiro atoms. The van der Waals surface area contributed by atoms with Crippen LogP contribution in [-0.2, 0) is 20.7 Å². The number of hydrogen-bond acceptors (Lipinski definition) is 6. The quantitative estimate of drug-likeness (QED) is 0.800. The molecule has 0 bridgehead atoms. The van der Waals surface area contributed by atoms with Crippen LogP contribution in [0, 0.1) is 6.92 Å². The number of aryl methyl sites for hydroxylation is 1. The topological polar surface area (TPSA) is 89.6 Å². The Labute approximate surface area is 144 Å². The third kappa shape index (κ3) is 5.04. The number of nitrogens with zero attached hydrogens (tertiary/aromatic N) is 1. The summed E-state index contributed by atoms with van der Waals surface area (Å²) in [5.74, 6) is -0.00762. The maximum Gasteiger partial charge on any atom is 0.250 e. The van der Waals surface area contributed by atoms with Gasteiger partial charge < -0.3 is 20.1 Å². The molecule has 2 amide bonds. The van der Waals surface area contributed by atoms with Gasteiger partial charge in [-0.05, 0) is 19.1 Å². The molecule has 0 saturated heterocycles. The molecule has 128 valence electrons. The zero-order valence-electron chi connectivity index (χ0n) is 13.7. The second-order valence-corrected chi connectivity index (χ2v) is 6.04. The number of ether oxygens (including phenoxy) is 2. The number of aromatic nitrogens is 1. The number of anilines is 2. The van der Waals surface area contributed by atoms with Gasteiger partial charge in [-0.2, -0.15) is 0 Å². The predicted octanol–water partition coefficient (Wildman–Crippen LogP) is 2.23. The van der Waals surface area contributed by atoms with E-state index < -0.39 is 0 Å². The molecule has 0 atom stereocenters. The summed E-state index contributed by atoms with van der Waals surface area (Å²) in [6.07, 6.45) is 0.207. The van der Waals surface area contributed by atoms with Gasteiger partial charge in [0, 0.05) is 24.2 Å². The lowest BCUT2D eigenvalue weighted by molar-refractivity contribution is -0.119. The number of methoxy groups -OCH3 is 2. The van der Waals surface area contributed by atoms with E-state index in [1.807, 2.05) is 12.3 Å². The van der Waals surface area contributed by atoms with E-state index >= 15 is 0 Å². The molecule has 7 nitrogen and oxygen atoms in total. The molecule has 2 aromatic rings. The molecule has 0 radical (unpaired) electrons. The summed E-state index contributed by atoms with van der Waals surface area (Å²) in [6, 6.07) is 5.00. The average Bonchev–Trinajstić information content (AvgIpc) is 2.93. The molecule has 8 heteroatoms. The molecule has 0 aliphatic heterocycles. The van der Waals surface area contributed by atoms with E-state index in [1.54, 1.807) is 18.2 Å². The summed E-state index contributed by atoms with van der Waals surface area (Å²) in [6.45, 7) is 1.85. The van der Waals surface area contributed by atoms with Gasteiger partial charge in [-0.25, -0.2) is 4.98 Å². The lowest BCUT2D eigenvalue weighted by atomic mass is 10.2. The van der Waals surface area contributed by atoms with Crippen LogP contribution in [0.3, 0.4) is 0 Å². The van der Waals surface area contributed by atoms with Crippen molar-refractivity contribution in [2.75, 3.05) is 31.5 Å². The van der Waals surface area contributed by atoms with E-state index in [0.29, 0.717) is 17.1 Å². The Morgan fingerprint density at radius 1 is 1.21 bits per heavy atom. The molecule has 1 aromatic carbocycles. The van der Waals surface area contributed by atoms with Crippen LogP contribution in [0.25, 0.3) is 0 Å². The summed E-state index contributed by atoms with van der Waals surface area (Å²) in [4.78, 5) is 27.9. The maximum absolute atomic E-state index is 12.1. The second-order valence-electron chi connectivity index (χ2n) is 4.98. The third-order valence-corrected chi connectivity index (χ3v) is 3.87. The molecular formula is C16H19N3O4S. The van der Waals surface area contributed by atoms with Crippen molar-refractivity contribution in [2.45, 2.75) is 13.3 Å². The van der Waals surface area contributed by atoms with Gasteiger partial charge in [-0.3, -0.25) is 9.59 Å². The Morgan fingerprint density at radius 2 is 2.00 bits per heavy atom. The first-order valence-electron chi connectivity index (χ1n) is 7.19. The molecule has 1 aromatic heterocycles. The van der Waals surface area contributed by atoms with Crippen molar-refractivity contribution in [3.63, 3.8) is 0 Å². The standard InChI is InChI=1S/C16H19N3O4S/c1-10-17-12(9-24-10)7-15(20)18-11-4-5-13(14(6-11)23-3)19-16(21)8-22-2/h4-6,9H,7-8H2,1-3H3,(H,18,20)(H,19,21). The molecule has 0 saturated carbocycles. The van der Waals surface area contributed by atoms with Crippen molar-refractivity contribution in [1.82, 2.24) is 4.98 Å². The van der Waals surface area contributed by atoms with Gasteiger partial charge in [0.15, 0.2) is 0 Å². The summed E-state index contributed by atoms with van der Waals surface area (Å²) < 4.78 is 10.0. The number of nitrogens with one attached hydrogen (secondary N) is 2. The fourth-order valence-corrected chi connectivity index (χ4v) is 2.66. The number of amides is 2. The fraction of sp³-hybridized carbons (Fsp3) is 0.312. The van der Waals surface area contributed by atoms with E-state index in [0.717, 1.165) is 10.7 Å². The van der Waals surface area contributed by atoms with E-state index in [1.165, 1.54) is 25.6 Å². The van der Waals surface area contributed by atoms with Gasteiger partial charge >= 0.3 is 0 Å². The highest BCUT2D eigenvalue weighted by atomic mass is 32.1. The van der Waals surface area contributed by atoms with Gasteiger partial charge in [0.05, 0.1) is 29.9 Å². The lowest BCUT2D eigenvalue weighted by Gasteiger charge is -2.12. The van der Waals surface area contributed by atoms with Crippen LogP contribution in [0.1, 0.15) is 10.7 Å². The van der Waals surface area contributed by atoms with Crippen molar-refractivity contribution in [1.29, 1.82) is 0 Å². The second kappa shape index (κ2) is 8.42. The SMILES string of the molecule is COCC(=O)Nc1ccc(NC(=O)Cc2csc(C)n2)cc1OC. The van der Waals surface area contributed by atoms with Crippen LogP contribution in [0.15, 0.2) is 23.6 Å². The number of thiazole rings is 1. The van der Waals surface area contributed by atoms with Crippen LogP contribution >= 0.6 is 11.3 Å². The summed E-state index contributed by atoms with van der Waals surface area (Å²) in [7, 11) is 2.93. The Bertz CT molecular complexity index is 730. The van der Waals surface area contributed by atoms with E-state index in [-0.39, 0.29) is 24.8 Å². The Hall–Kier alpha value is -2.45. The van der Waals surface area contributed by atoms with E-state index in [4.69, 9.17) is 9.47 Å². The fourth-order valence-electron chi connectivity index (χ4n) is 2.05. The number of benzene rings is 1. The highest BCUT2D eigenvalue weighted by Gasteiger charge is 2.11. The minimum Gasteiger partial charge on any atom is -0.494 e. The van der Waals surface area contributed by atoms with E-state index in [2.05, 4.69) is 15.6 Å². The molecular weight excluding hydrogens is 330 g/mol. The number of carbonyl (C=O) groups is 2. The first-order chi connectivity index (χ1) is 11.5. The third-order valence-electron chi connectivity index (χ3n) is 3.04. The number of hydrogen-bond donors (Lipinski definition) is 2. The largest absolute Gasteiger partial charge is 0.494 e. The van der Waals surface area contributed by atoms with Crippen molar-refractivity contribution < 1.29 is 19.1 Å². The molecule has 24 heavy (non-hydrogen) atoms. The van der Waals surface area contributed by atoms with Crippen molar-refractivity contribution in [3.8, 4) is 5.75 Å². The zero-order chi connectivity index (χ0) is 17.5. The first kappa shape index (κ1) is 17.9. The van der Waals surface area contributed by atoms with Crippen molar-refractivity contribution in [2.24, 2.45) is 0 Å². The molecule has 2 rings (SSSR count). The Balaban J connectivity index is 2.03. The van der Waals surface area contributed by atoms with Crippen LogP contribution in [0.5, 0.6) is 5.75 Å². The Kier molecular flexibility index (Phi) is 6.28. The highest BCUT2D eigenvalue weighted by molar-refractivity contribution is 7.09. The minimum absolute atomic E-state index is 0.0469. The summed E-state index contributed by atoms with van der Waals surface area (Å²) >= 11 is 1.51. The summed E-state index contributed by atoms with van der Waals surface area (Å²) in [5, 5.41) is 8.26. The molecule has 2 N–H and O–H groups in total. The summed E-state index contributed by atoms with van der Waals surface area (Å²) in [5.41, 5.74) is 1.83. The van der Waals surface area contributed by atoms with Crippen LogP contribution in [-0.4, -0.2) is 37.6 Å². The normalized spacial score (nSPS) is 10.3. The van der Waals surface area contributed by atoms with Crippen molar-refractivity contribution >= 4 is 34.5 Å². The minimum atomic E-state index is -0.286. The highest BCUT2D eigenvalue weighted by Crippen LogP contribution is 2.28. The smallest absolute Gasteiger partial charge is 0.250 e. The van der Waals surface area contributed by atoms with Crippen LogP contribution < -0.4 is 15.4 Å². The zero-order valence-corrected chi connectivity index (χ0v) is 14.5. The van der Waals surface area contributed by atoms with Gasteiger partial charge in [-0.15, -0.1) is 11.3 Å². The molecule has 0 aliphatic rings. The number of carbonyl (C=O) groups excluding carboxylic acids is 2. The van der Waals surface area contributed by atoms with Gasteiger partial charge in [-0.1, -0.05) is 0 Å². The molecule has 0 fully saturated rings. The monoisotopic (exact) mass is 349 g/mol. The molecule has 1 heterocycles. The lowest BCUT2D eigenvalue weighted by Crippen LogP contribution is -2.18. The Morgan fingerprint density at radius 3 is 2.62 bits per heavy atom. The van der Waals surface area contributed by atoms with Crippen molar-refractivity contribution in [3.05, 3.63) is 34.3 Å². The van der Waals surface area contributed by atoms with Gasteiger partial charge in [0.1, 0.15) is 12.4 Å². The average molecular weight is 349 g/mol. The van der Waals surface area contributed by atoms with Crippen LogP contribution in [0.4, 0.5) is 11.4 Å². The maximum atomic E-state index is 12.1. The molecule has 0 unspecified atom stereocenters.